The Kier molecular flexibility index (Phi) is 4.61. The number of carbonyl (C=O) groups is 1. The van der Waals surface area contributed by atoms with Crippen molar-refractivity contribution in [3.63, 3.8) is 0 Å². The average molecular weight is 436 g/mol. The number of hydrogen-bond donors (Lipinski definition) is 0. The summed E-state index contributed by atoms with van der Waals surface area (Å²) in [5.74, 6) is 4.19. The van der Waals surface area contributed by atoms with Gasteiger partial charge in [-0.1, -0.05) is 36.0 Å². The van der Waals surface area contributed by atoms with E-state index in [1.807, 2.05) is 24.3 Å². The number of thioether (sulfide) groups is 1. The van der Waals surface area contributed by atoms with Gasteiger partial charge in [0.1, 0.15) is 5.78 Å². The molecule has 4 fully saturated rings. The molecular formula is C24H25N3OS2. The van der Waals surface area contributed by atoms with Crippen molar-refractivity contribution in [3.05, 3.63) is 47.8 Å². The molecular weight excluding hydrogens is 410 g/mol. The summed E-state index contributed by atoms with van der Waals surface area (Å²) in [4.78, 5) is 14.6. The number of para-hydroxylation sites is 1. The van der Waals surface area contributed by atoms with Crippen LogP contribution in [0.5, 0.6) is 0 Å². The van der Waals surface area contributed by atoms with E-state index in [-0.39, 0.29) is 5.41 Å². The van der Waals surface area contributed by atoms with Gasteiger partial charge in [0.15, 0.2) is 11.0 Å². The summed E-state index contributed by atoms with van der Waals surface area (Å²) in [6.45, 7) is 0. The molecule has 0 saturated heterocycles. The van der Waals surface area contributed by atoms with Gasteiger partial charge in [-0.3, -0.25) is 9.36 Å². The van der Waals surface area contributed by atoms with Crippen LogP contribution >= 0.6 is 23.1 Å². The standard InChI is InChI=1S/C24H25N3OS2/c28-21(24-12-16-9-17(13-24)11-18(10-16)14-24)15-30-23-26-25-22(20-7-4-8-29-20)27(23)19-5-2-1-3-6-19/h1-8,16-18H,9-15H2. The number of nitrogens with zero attached hydrogens (tertiary/aromatic N) is 3. The highest BCUT2D eigenvalue weighted by atomic mass is 32.2. The van der Waals surface area contributed by atoms with Crippen LogP contribution in [0.3, 0.4) is 0 Å². The molecule has 4 aliphatic carbocycles. The van der Waals surface area contributed by atoms with Crippen LogP contribution in [0.4, 0.5) is 0 Å². The normalized spacial score (nSPS) is 29.4. The van der Waals surface area contributed by atoms with Crippen molar-refractivity contribution in [2.24, 2.45) is 23.2 Å². The first-order valence-corrected chi connectivity index (χ1v) is 12.8. The van der Waals surface area contributed by atoms with E-state index in [1.54, 1.807) is 23.1 Å². The Balaban J connectivity index is 1.27. The number of carbonyl (C=O) groups excluding carboxylic acids is 1. The third-order valence-corrected chi connectivity index (χ3v) is 9.15. The Morgan fingerprint density at radius 3 is 2.33 bits per heavy atom. The van der Waals surface area contributed by atoms with Crippen molar-refractivity contribution in [2.45, 2.75) is 43.7 Å². The Morgan fingerprint density at radius 1 is 1.00 bits per heavy atom. The fraction of sp³-hybridized carbons (Fsp3) is 0.458. The highest BCUT2D eigenvalue weighted by Gasteiger charge is 2.54. The van der Waals surface area contributed by atoms with Gasteiger partial charge < -0.3 is 0 Å². The molecule has 0 aliphatic heterocycles. The van der Waals surface area contributed by atoms with E-state index >= 15 is 0 Å². The molecule has 0 spiro atoms. The lowest BCUT2D eigenvalue weighted by atomic mass is 9.48. The summed E-state index contributed by atoms with van der Waals surface area (Å²) in [7, 11) is 0. The number of benzene rings is 1. The van der Waals surface area contributed by atoms with Crippen LogP contribution in [0.15, 0.2) is 53.0 Å². The Labute approximate surface area is 185 Å². The number of thiophene rings is 1. The molecule has 0 N–H and O–H groups in total. The molecule has 30 heavy (non-hydrogen) atoms. The van der Waals surface area contributed by atoms with Crippen LogP contribution in [0, 0.1) is 23.2 Å². The maximum absolute atomic E-state index is 13.5. The zero-order valence-electron chi connectivity index (χ0n) is 16.9. The highest BCUT2D eigenvalue weighted by Crippen LogP contribution is 2.60. The van der Waals surface area contributed by atoms with Crippen LogP contribution in [0.25, 0.3) is 16.4 Å². The molecule has 2 heterocycles. The van der Waals surface area contributed by atoms with Crippen molar-refractivity contribution in [1.82, 2.24) is 14.8 Å². The molecule has 154 valence electrons. The number of ketones is 1. The molecule has 7 rings (SSSR count). The molecule has 1 aromatic carbocycles. The van der Waals surface area contributed by atoms with Gasteiger partial charge >= 0.3 is 0 Å². The van der Waals surface area contributed by atoms with E-state index in [2.05, 4.69) is 38.3 Å². The van der Waals surface area contributed by atoms with Crippen molar-refractivity contribution in [2.75, 3.05) is 5.75 Å². The maximum Gasteiger partial charge on any atom is 0.196 e. The smallest absolute Gasteiger partial charge is 0.196 e. The average Bonchev–Trinajstić information content (AvgIpc) is 3.41. The lowest BCUT2D eigenvalue weighted by Crippen LogP contribution is -2.50. The molecule has 0 atom stereocenters. The minimum atomic E-state index is -0.0457. The number of Topliss-reactive ketones (excluding diaryl/α,β-unsaturated/α-hetero) is 1. The number of hydrogen-bond acceptors (Lipinski definition) is 5. The molecule has 4 bridgehead atoms. The van der Waals surface area contributed by atoms with Crippen LogP contribution < -0.4 is 0 Å². The molecule has 6 heteroatoms. The molecule has 0 amide bonds. The summed E-state index contributed by atoms with van der Waals surface area (Å²) in [6.07, 6.45) is 7.49. The van der Waals surface area contributed by atoms with E-state index in [0.29, 0.717) is 11.5 Å². The monoisotopic (exact) mass is 435 g/mol. The van der Waals surface area contributed by atoms with Crippen molar-refractivity contribution < 1.29 is 4.79 Å². The molecule has 0 radical (unpaired) electrons. The van der Waals surface area contributed by atoms with Crippen LogP contribution in [0.2, 0.25) is 0 Å². The quantitative estimate of drug-likeness (QED) is 0.454. The summed E-state index contributed by atoms with van der Waals surface area (Å²) in [5, 5.41) is 11.9. The minimum Gasteiger partial charge on any atom is -0.298 e. The molecule has 4 saturated carbocycles. The van der Waals surface area contributed by atoms with E-state index in [0.717, 1.165) is 58.6 Å². The van der Waals surface area contributed by atoms with Gasteiger partial charge in [-0.15, -0.1) is 21.5 Å². The fourth-order valence-electron chi connectivity index (χ4n) is 6.47. The topological polar surface area (TPSA) is 47.8 Å². The largest absolute Gasteiger partial charge is 0.298 e. The SMILES string of the molecule is O=C(CSc1nnc(-c2cccs2)n1-c1ccccc1)C12CC3CC(CC(C3)C1)C2. The van der Waals surface area contributed by atoms with Gasteiger partial charge in [-0.05, 0) is 79.9 Å². The lowest BCUT2D eigenvalue weighted by Gasteiger charge is -2.56. The number of aromatic nitrogens is 3. The third kappa shape index (κ3) is 3.16. The van der Waals surface area contributed by atoms with Crippen LogP contribution in [0.1, 0.15) is 38.5 Å². The van der Waals surface area contributed by atoms with Gasteiger partial charge in [0.2, 0.25) is 0 Å². The molecule has 4 nitrogen and oxygen atoms in total. The van der Waals surface area contributed by atoms with Gasteiger partial charge in [0.25, 0.3) is 0 Å². The third-order valence-electron chi connectivity index (χ3n) is 7.35. The first-order chi connectivity index (χ1) is 14.7. The Bertz CT molecular complexity index is 1020. The van der Waals surface area contributed by atoms with E-state index in [9.17, 15) is 4.79 Å². The second-order valence-electron chi connectivity index (χ2n) is 9.36. The molecule has 2 aromatic heterocycles. The van der Waals surface area contributed by atoms with Gasteiger partial charge in [-0.2, -0.15) is 0 Å². The Hall–Kier alpha value is -1.92. The van der Waals surface area contributed by atoms with E-state index in [1.165, 1.54) is 19.3 Å². The predicted octanol–water partition coefficient (Wildman–Crippen LogP) is 5.87. The van der Waals surface area contributed by atoms with Crippen molar-refractivity contribution >= 4 is 28.9 Å². The molecule has 4 aliphatic rings. The fourth-order valence-corrected chi connectivity index (χ4v) is 8.16. The van der Waals surface area contributed by atoms with Crippen molar-refractivity contribution in [1.29, 1.82) is 0 Å². The zero-order chi connectivity index (χ0) is 20.1. The Morgan fingerprint density at radius 2 is 1.70 bits per heavy atom. The summed E-state index contributed by atoms with van der Waals surface area (Å²) in [6, 6.07) is 14.3. The zero-order valence-corrected chi connectivity index (χ0v) is 18.5. The van der Waals surface area contributed by atoms with Crippen LogP contribution in [-0.4, -0.2) is 26.3 Å². The highest BCUT2D eigenvalue weighted by molar-refractivity contribution is 7.99. The summed E-state index contributed by atoms with van der Waals surface area (Å²) < 4.78 is 2.10. The second-order valence-corrected chi connectivity index (χ2v) is 11.3. The van der Waals surface area contributed by atoms with Crippen molar-refractivity contribution in [3.8, 4) is 16.4 Å². The van der Waals surface area contributed by atoms with Gasteiger partial charge in [0.05, 0.1) is 10.6 Å². The summed E-state index contributed by atoms with van der Waals surface area (Å²) >= 11 is 3.22. The van der Waals surface area contributed by atoms with E-state index < -0.39 is 0 Å². The van der Waals surface area contributed by atoms with Gasteiger partial charge in [-0.25, -0.2) is 0 Å². The second kappa shape index (κ2) is 7.34. The first kappa shape index (κ1) is 18.8. The maximum atomic E-state index is 13.5. The van der Waals surface area contributed by atoms with E-state index in [4.69, 9.17) is 0 Å². The molecule has 0 unspecified atom stereocenters. The predicted molar refractivity (Wildman–Crippen MR) is 121 cm³/mol. The molecule has 3 aromatic rings. The lowest BCUT2D eigenvalue weighted by molar-refractivity contribution is -0.141. The van der Waals surface area contributed by atoms with Gasteiger partial charge in [0, 0.05) is 11.1 Å². The minimum absolute atomic E-state index is 0.0457. The first-order valence-electron chi connectivity index (χ1n) is 10.9. The number of rotatable bonds is 6. The van der Waals surface area contributed by atoms with Crippen LogP contribution in [-0.2, 0) is 4.79 Å². The summed E-state index contributed by atoms with van der Waals surface area (Å²) in [5.41, 5.74) is 0.992.